The Labute approximate surface area is 253 Å². The SMILES string of the molecule is CCCCCC/C=C\COCc1ccc(CCCCNCCCCCCCC(=O)OC/C=C\CCCCCC)cc1. The van der Waals surface area contributed by atoms with Gasteiger partial charge in [0.1, 0.15) is 6.61 Å². The Morgan fingerprint density at radius 2 is 1.20 bits per heavy atom. The molecule has 1 aromatic rings. The molecular weight excluding hydrogens is 506 g/mol. The number of rotatable bonds is 29. The summed E-state index contributed by atoms with van der Waals surface area (Å²) in [4.78, 5) is 11.8. The highest BCUT2D eigenvalue weighted by Gasteiger charge is 2.01. The van der Waals surface area contributed by atoms with E-state index >= 15 is 0 Å². The van der Waals surface area contributed by atoms with Crippen LogP contribution >= 0.6 is 0 Å². The first-order chi connectivity index (χ1) is 20.3. The minimum absolute atomic E-state index is 0.0565. The van der Waals surface area contributed by atoms with Crippen molar-refractivity contribution in [3.63, 3.8) is 0 Å². The molecule has 0 spiro atoms. The van der Waals surface area contributed by atoms with E-state index in [2.05, 4.69) is 61.7 Å². The van der Waals surface area contributed by atoms with Gasteiger partial charge in [-0.3, -0.25) is 4.79 Å². The molecule has 0 aromatic heterocycles. The summed E-state index contributed by atoms with van der Waals surface area (Å²) in [7, 11) is 0. The summed E-state index contributed by atoms with van der Waals surface area (Å²) in [6, 6.07) is 8.92. The van der Waals surface area contributed by atoms with E-state index in [-0.39, 0.29) is 5.97 Å². The van der Waals surface area contributed by atoms with Crippen LogP contribution in [-0.2, 0) is 27.3 Å². The van der Waals surface area contributed by atoms with Gasteiger partial charge in [-0.05, 0) is 82.0 Å². The number of carbonyl (C=O) groups excluding carboxylic acids is 1. The quantitative estimate of drug-likeness (QED) is 0.0592. The topological polar surface area (TPSA) is 47.6 Å². The Morgan fingerprint density at radius 3 is 1.88 bits per heavy atom. The van der Waals surface area contributed by atoms with Gasteiger partial charge in [0, 0.05) is 6.42 Å². The van der Waals surface area contributed by atoms with Gasteiger partial charge in [-0.25, -0.2) is 0 Å². The van der Waals surface area contributed by atoms with Gasteiger partial charge >= 0.3 is 5.97 Å². The van der Waals surface area contributed by atoms with Gasteiger partial charge in [0.15, 0.2) is 0 Å². The molecule has 0 saturated carbocycles. The maximum atomic E-state index is 11.8. The van der Waals surface area contributed by atoms with Crippen LogP contribution in [0.3, 0.4) is 0 Å². The van der Waals surface area contributed by atoms with E-state index in [4.69, 9.17) is 9.47 Å². The summed E-state index contributed by atoms with van der Waals surface area (Å²) in [5, 5.41) is 3.58. The van der Waals surface area contributed by atoms with Gasteiger partial charge in [0.05, 0.1) is 13.2 Å². The van der Waals surface area contributed by atoms with Crippen molar-refractivity contribution < 1.29 is 14.3 Å². The van der Waals surface area contributed by atoms with Gasteiger partial charge in [0.25, 0.3) is 0 Å². The standard InChI is InChI=1S/C37H63NO3/c1-3-5-7-9-11-16-22-32-40-34-36-28-26-35(27-29-36)24-19-21-31-38-30-20-15-13-14-18-25-37(39)41-33-23-17-12-10-8-6-4-2/h16-17,22-23,26-29,38H,3-15,18-21,24-25,30-34H2,1-2H3/b22-16-,23-17-. The highest BCUT2D eigenvalue weighted by Crippen LogP contribution is 2.10. The molecule has 0 aliphatic carbocycles. The van der Waals surface area contributed by atoms with Crippen LogP contribution in [0, 0.1) is 0 Å². The Bertz CT molecular complexity index is 756. The van der Waals surface area contributed by atoms with Crippen LogP contribution in [0.5, 0.6) is 0 Å². The Hall–Kier alpha value is -1.91. The fourth-order valence-corrected chi connectivity index (χ4v) is 4.76. The van der Waals surface area contributed by atoms with Crippen molar-refractivity contribution >= 4 is 5.97 Å². The fourth-order valence-electron chi connectivity index (χ4n) is 4.76. The van der Waals surface area contributed by atoms with E-state index in [0.29, 0.717) is 26.2 Å². The fraction of sp³-hybridized carbons (Fsp3) is 0.703. The lowest BCUT2D eigenvalue weighted by Crippen LogP contribution is -2.16. The summed E-state index contributed by atoms with van der Waals surface area (Å²) in [5.41, 5.74) is 2.67. The molecule has 0 bridgehead atoms. The third-order valence-electron chi connectivity index (χ3n) is 7.43. The number of benzene rings is 1. The van der Waals surface area contributed by atoms with Crippen molar-refractivity contribution in [2.45, 2.75) is 142 Å². The summed E-state index contributed by atoms with van der Waals surface area (Å²) in [6.45, 7) is 8.49. The number of ether oxygens (including phenoxy) is 2. The first-order valence-corrected chi connectivity index (χ1v) is 17.1. The Kier molecular flexibility index (Phi) is 26.8. The predicted molar refractivity (Wildman–Crippen MR) is 176 cm³/mol. The molecule has 1 aromatic carbocycles. The summed E-state index contributed by atoms with van der Waals surface area (Å²) in [6.07, 6.45) is 31.0. The predicted octanol–water partition coefficient (Wildman–Crippen LogP) is 10.1. The average molecular weight is 570 g/mol. The smallest absolute Gasteiger partial charge is 0.306 e. The molecule has 41 heavy (non-hydrogen) atoms. The third kappa shape index (κ3) is 25.5. The second-order valence-corrected chi connectivity index (χ2v) is 11.4. The van der Waals surface area contributed by atoms with Gasteiger partial charge in [-0.2, -0.15) is 0 Å². The van der Waals surface area contributed by atoms with Crippen LogP contribution in [0.4, 0.5) is 0 Å². The van der Waals surface area contributed by atoms with Crippen LogP contribution in [0.1, 0.15) is 141 Å². The summed E-state index contributed by atoms with van der Waals surface area (Å²) in [5.74, 6) is -0.0565. The first-order valence-electron chi connectivity index (χ1n) is 17.1. The van der Waals surface area contributed by atoms with E-state index < -0.39 is 0 Å². The lowest BCUT2D eigenvalue weighted by molar-refractivity contribution is -0.142. The van der Waals surface area contributed by atoms with Gasteiger partial charge in [-0.1, -0.05) is 120 Å². The molecule has 0 aliphatic rings. The highest BCUT2D eigenvalue weighted by atomic mass is 16.5. The van der Waals surface area contributed by atoms with Crippen LogP contribution in [-0.4, -0.2) is 32.3 Å². The highest BCUT2D eigenvalue weighted by molar-refractivity contribution is 5.69. The second kappa shape index (κ2) is 29.6. The van der Waals surface area contributed by atoms with Gasteiger partial charge in [0.2, 0.25) is 0 Å². The van der Waals surface area contributed by atoms with E-state index in [1.807, 2.05) is 6.08 Å². The van der Waals surface area contributed by atoms with E-state index in [1.54, 1.807) is 0 Å². The average Bonchev–Trinajstić information content (AvgIpc) is 2.99. The van der Waals surface area contributed by atoms with Crippen molar-refractivity contribution in [2.75, 3.05) is 26.3 Å². The third-order valence-corrected chi connectivity index (χ3v) is 7.43. The van der Waals surface area contributed by atoms with Crippen molar-refractivity contribution in [1.29, 1.82) is 0 Å². The van der Waals surface area contributed by atoms with Crippen molar-refractivity contribution in [3.05, 3.63) is 59.7 Å². The first kappa shape index (κ1) is 37.1. The number of aryl methyl sites for hydroxylation is 1. The minimum atomic E-state index is -0.0565. The maximum absolute atomic E-state index is 11.8. The van der Waals surface area contributed by atoms with Crippen molar-refractivity contribution in [1.82, 2.24) is 5.32 Å². The molecule has 0 heterocycles. The Morgan fingerprint density at radius 1 is 0.634 bits per heavy atom. The monoisotopic (exact) mass is 569 g/mol. The molecular formula is C37H63NO3. The number of esters is 1. The molecule has 0 aliphatic heterocycles. The lowest BCUT2D eigenvalue weighted by Gasteiger charge is -2.07. The molecule has 0 atom stereocenters. The second-order valence-electron chi connectivity index (χ2n) is 11.4. The van der Waals surface area contributed by atoms with Crippen molar-refractivity contribution in [2.24, 2.45) is 0 Å². The molecule has 0 amide bonds. The molecule has 0 fully saturated rings. The Balaban J connectivity index is 1.87. The molecule has 0 saturated heterocycles. The molecule has 0 unspecified atom stereocenters. The van der Waals surface area contributed by atoms with Crippen molar-refractivity contribution in [3.8, 4) is 0 Å². The zero-order valence-corrected chi connectivity index (χ0v) is 26.8. The zero-order valence-electron chi connectivity index (χ0n) is 26.8. The molecule has 0 radical (unpaired) electrons. The van der Waals surface area contributed by atoms with Gasteiger partial charge < -0.3 is 14.8 Å². The van der Waals surface area contributed by atoms with Crippen LogP contribution in [0.25, 0.3) is 0 Å². The molecule has 4 nitrogen and oxygen atoms in total. The molecule has 1 N–H and O–H groups in total. The number of hydrogen-bond acceptors (Lipinski definition) is 4. The number of carbonyl (C=O) groups is 1. The molecule has 1 rings (SSSR count). The van der Waals surface area contributed by atoms with E-state index in [9.17, 15) is 4.79 Å². The minimum Gasteiger partial charge on any atom is -0.461 e. The molecule has 4 heteroatoms. The van der Waals surface area contributed by atoms with E-state index in [1.165, 1.54) is 101 Å². The largest absolute Gasteiger partial charge is 0.461 e. The molecule has 234 valence electrons. The maximum Gasteiger partial charge on any atom is 0.306 e. The zero-order chi connectivity index (χ0) is 29.5. The van der Waals surface area contributed by atoms with Crippen LogP contribution in [0.15, 0.2) is 48.6 Å². The van der Waals surface area contributed by atoms with Crippen LogP contribution < -0.4 is 5.32 Å². The summed E-state index contributed by atoms with van der Waals surface area (Å²) < 4.78 is 11.1. The van der Waals surface area contributed by atoms with Gasteiger partial charge in [-0.15, -0.1) is 0 Å². The van der Waals surface area contributed by atoms with E-state index in [0.717, 1.165) is 38.8 Å². The van der Waals surface area contributed by atoms with Crippen LogP contribution in [0.2, 0.25) is 0 Å². The lowest BCUT2D eigenvalue weighted by atomic mass is 10.1. The number of nitrogens with one attached hydrogen (secondary N) is 1. The number of allylic oxidation sites excluding steroid dienone is 2. The number of unbranched alkanes of at least 4 members (excludes halogenated alkanes) is 13. The number of hydrogen-bond donors (Lipinski definition) is 1. The normalized spacial score (nSPS) is 11.7. The summed E-state index contributed by atoms with van der Waals surface area (Å²) >= 11 is 0.